The Labute approximate surface area is 103 Å². The van der Waals surface area contributed by atoms with Gasteiger partial charge in [0, 0.05) is 0 Å². The van der Waals surface area contributed by atoms with Gasteiger partial charge in [-0.3, -0.25) is 0 Å². The zero-order valence-electron chi connectivity index (χ0n) is 10.0. The van der Waals surface area contributed by atoms with Gasteiger partial charge in [0.15, 0.2) is 0 Å². The van der Waals surface area contributed by atoms with E-state index in [4.69, 9.17) is 5.26 Å². The summed E-state index contributed by atoms with van der Waals surface area (Å²) in [5, 5.41) is 8.79. The van der Waals surface area contributed by atoms with Crippen LogP contribution in [0.4, 0.5) is 0 Å². The van der Waals surface area contributed by atoms with Crippen molar-refractivity contribution >= 4 is 5.57 Å². The Balaban J connectivity index is 1.80. The van der Waals surface area contributed by atoms with E-state index in [9.17, 15) is 0 Å². The summed E-state index contributed by atoms with van der Waals surface area (Å²) in [7, 11) is 0. The van der Waals surface area contributed by atoms with E-state index in [-0.39, 0.29) is 0 Å². The molecule has 3 rings (SSSR count). The molecule has 0 N–H and O–H groups in total. The highest BCUT2D eigenvalue weighted by atomic mass is 14.4. The standard InChI is InChI=1S/C16H17N/c1-11(14-5-2-12(10-17)3-6-14)16-9-13-4-7-15(16)8-13/h2-3,5-6,13,15-16H,1,4,7-9H2. The van der Waals surface area contributed by atoms with Gasteiger partial charge < -0.3 is 0 Å². The van der Waals surface area contributed by atoms with Crippen LogP contribution in [0.15, 0.2) is 30.8 Å². The fourth-order valence-corrected chi connectivity index (χ4v) is 3.64. The van der Waals surface area contributed by atoms with Crippen molar-refractivity contribution < 1.29 is 0 Å². The van der Waals surface area contributed by atoms with E-state index >= 15 is 0 Å². The predicted octanol–water partition coefficient (Wildman–Crippen LogP) is 4.01. The van der Waals surface area contributed by atoms with E-state index < -0.39 is 0 Å². The number of hydrogen-bond acceptors (Lipinski definition) is 1. The summed E-state index contributed by atoms with van der Waals surface area (Å²) >= 11 is 0. The minimum atomic E-state index is 0.696. The maximum Gasteiger partial charge on any atom is 0.0991 e. The van der Waals surface area contributed by atoms with E-state index in [0.717, 1.165) is 17.4 Å². The first kappa shape index (κ1) is 10.6. The smallest absolute Gasteiger partial charge is 0.0991 e. The number of benzene rings is 1. The van der Waals surface area contributed by atoms with Gasteiger partial charge in [0.1, 0.15) is 0 Å². The van der Waals surface area contributed by atoms with Crippen LogP contribution in [-0.4, -0.2) is 0 Å². The number of fused-ring (bicyclic) bond motifs is 2. The molecule has 0 amide bonds. The monoisotopic (exact) mass is 223 g/mol. The first-order valence-corrected chi connectivity index (χ1v) is 6.47. The molecule has 2 aliphatic rings. The summed E-state index contributed by atoms with van der Waals surface area (Å²) in [4.78, 5) is 0. The summed E-state index contributed by atoms with van der Waals surface area (Å²) < 4.78 is 0. The van der Waals surface area contributed by atoms with Gasteiger partial charge in [-0.05, 0) is 60.3 Å². The molecule has 86 valence electrons. The third-order valence-corrected chi connectivity index (χ3v) is 4.57. The second-order valence-corrected chi connectivity index (χ2v) is 5.50. The molecular weight excluding hydrogens is 206 g/mol. The Morgan fingerprint density at radius 1 is 1.18 bits per heavy atom. The van der Waals surface area contributed by atoms with E-state index in [0.29, 0.717) is 5.92 Å². The fourth-order valence-electron chi connectivity index (χ4n) is 3.64. The lowest BCUT2D eigenvalue weighted by molar-refractivity contribution is 0.405. The van der Waals surface area contributed by atoms with Crippen LogP contribution in [-0.2, 0) is 0 Å². The van der Waals surface area contributed by atoms with Gasteiger partial charge in [0.2, 0.25) is 0 Å². The van der Waals surface area contributed by atoms with Crippen molar-refractivity contribution in [3.8, 4) is 6.07 Å². The van der Waals surface area contributed by atoms with Crippen LogP contribution >= 0.6 is 0 Å². The first-order chi connectivity index (χ1) is 8.28. The molecule has 0 aliphatic heterocycles. The van der Waals surface area contributed by atoms with E-state index in [1.165, 1.54) is 36.8 Å². The normalized spacial score (nSPS) is 30.2. The molecule has 3 unspecified atom stereocenters. The van der Waals surface area contributed by atoms with Crippen molar-refractivity contribution in [2.24, 2.45) is 17.8 Å². The second kappa shape index (κ2) is 4.04. The van der Waals surface area contributed by atoms with Gasteiger partial charge in [-0.1, -0.05) is 25.1 Å². The molecule has 2 fully saturated rings. The molecular formula is C16H17N. The van der Waals surface area contributed by atoms with Gasteiger partial charge in [0.05, 0.1) is 11.6 Å². The van der Waals surface area contributed by atoms with Crippen molar-refractivity contribution in [1.29, 1.82) is 5.26 Å². The lowest BCUT2D eigenvalue weighted by Crippen LogP contribution is -2.11. The van der Waals surface area contributed by atoms with Crippen LogP contribution < -0.4 is 0 Å². The van der Waals surface area contributed by atoms with Crippen LogP contribution in [0.5, 0.6) is 0 Å². The SMILES string of the molecule is C=C(c1ccc(C#N)cc1)C1CC2CCC1C2. The van der Waals surface area contributed by atoms with Crippen LogP contribution in [0.2, 0.25) is 0 Å². The molecule has 2 saturated carbocycles. The average Bonchev–Trinajstić information content (AvgIpc) is 3.00. The first-order valence-electron chi connectivity index (χ1n) is 6.47. The highest BCUT2D eigenvalue weighted by Gasteiger charge is 2.40. The predicted molar refractivity (Wildman–Crippen MR) is 69.1 cm³/mol. The zero-order chi connectivity index (χ0) is 11.8. The third-order valence-electron chi connectivity index (χ3n) is 4.57. The Kier molecular flexibility index (Phi) is 2.52. The number of allylic oxidation sites excluding steroid dienone is 1. The number of hydrogen-bond donors (Lipinski definition) is 0. The maximum absolute atomic E-state index is 8.79. The Hall–Kier alpha value is -1.55. The third kappa shape index (κ3) is 1.78. The van der Waals surface area contributed by atoms with E-state index in [2.05, 4.69) is 12.6 Å². The van der Waals surface area contributed by atoms with Gasteiger partial charge in [0.25, 0.3) is 0 Å². The highest BCUT2D eigenvalue weighted by Crippen LogP contribution is 2.52. The average molecular weight is 223 g/mol. The molecule has 3 atom stereocenters. The molecule has 0 spiro atoms. The van der Waals surface area contributed by atoms with Crippen molar-refractivity contribution in [3.05, 3.63) is 42.0 Å². The molecule has 1 aromatic carbocycles. The molecule has 0 aromatic heterocycles. The van der Waals surface area contributed by atoms with Crippen LogP contribution in [0, 0.1) is 29.1 Å². The summed E-state index contributed by atoms with van der Waals surface area (Å²) in [5.74, 6) is 2.53. The number of nitrogens with zero attached hydrogens (tertiary/aromatic N) is 1. The second-order valence-electron chi connectivity index (χ2n) is 5.50. The Morgan fingerprint density at radius 2 is 1.94 bits per heavy atom. The van der Waals surface area contributed by atoms with Crippen LogP contribution in [0.25, 0.3) is 5.57 Å². The number of rotatable bonds is 2. The minimum absolute atomic E-state index is 0.696. The van der Waals surface area contributed by atoms with Gasteiger partial charge in [-0.25, -0.2) is 0 Å². The maximum atomic E-state index is 8.79. The van der Waals surface area contributed by atoms with E-state index in [1.807, 2.05) is 24.3 Å². The minimum Gasteiger partial charge on any atom is -0.192 e. The summed E-state index contributed by atoms with van der Waals surface area (Å²) in [6, 6.07) is 10.1. The van der Waals surface area contributed by atoms with Crippen molar-refractivity contribution in [2.45, 2.75) is 25.7 Å². The number of nitriles is 1. The van der Waals surface area contributed by atoms with Crippen molar-refractivity contribution in [3.63, 3.8) is 0 Å². The Morgan fingerprint density at radius 3 is 2.47 bits per heavy atom. The molecule has 1 nitrogen and oxygen atoms in total. The lowest BCUT2D eigenvalue weighted by atomic mass is 9.81. The summed E-state index contributed by atoms with van der Waals surface area (Å²) in [5.41, 5.74) is 3.25. The molecule has 17 heavy (non-hydrogen) atoms. The van der Waals surface area contributed by atoms with Gasteiger partial charge in [-0.2, -0.15) is 5.26 Å². The summed E-state index contributed by atoms with van der Waals surface area (Å²) in [6.07, 6.45) is 5.58. The van der Waals surface area contributed by atoms with Gasteiger partial charge in [-0.15, -0.1) is 0 Å². The van der Waals surface area contributed by atoms with Gasteiger partial charge >= 0.3 is 0 Å². The molecule has 1 heteroatoms. The lowest BCUT2D eigenvalue weighted by Gasteiger charge is -2.24. The quantitative estimate of drug-likeness (QED) is 0.743. The van der Waals surface area contributed by atoms with E-state index in [1.54, 1.807) is 0 Å². The topological polar surface area (TPSA) is 23.8 Å². The molecule has 0 heterocycles. The summed E-state index contributed by atoms with van der Waals surface area (Å²) in [6.45, 7) is 4.30. The molecule has 0 saturated heterocycles. The van der Waals surface area contributed by atoms with Crippen LogP contribution in [0.3, 0.4) is 0 Å². The van der Waals surface area contributed by atoms with Crippen molar-refractivity contribution in [1.82, 2.24) is 0 Å². The van der Waals surface area contributed by atoms with Crippen molar-refractivity contribution in [2.75, 3.05) is 0 Å². The van der Waals surface area contributed by atoms with Crippen LogP contribution in [0.1, 0.15) is 36.8 Å². The molecule has 1 aromatic rings. The molecule has 2 bridgehead atoms. The largest absolute Gasteiger partial charge is 0.192 e. The fraction of sp³-hybridized carbons (Fsp3) is 0.438. The molecule has 2 aliphatic carbocycles. The Bertz CT molecular complexity index is 477. The zero-order valence-corrected chi connectivity index (χ0v) is 10.0. The highest BCUT2D eigenvalue weighted by molar-refractivity contribution is 5.66. The molecule has 0 radical (unpaired) electrons.